The van der Waals surface area contributed by atoms with Crippen molar-refractivity contribution in [2.24, 2.45) is 0 Å². The lowest BCUT2D eigenvalue weighted by atomic mass is 10.1. The summed E-state index contributed by atoms with van der Waals surface area (Å²) in [5.41, 5.74) is 2.32. The molecule has 1 aromatic carbocycles. The number of nitrogens with one attached hydrogen (secondary N) is 1. The van der Waals surface area contributed by atoms with Crippen LogP contribution in [0.4, 0.5) is 5.82 Å². The molecule has 0 radical (unpaired) electrons. The molecular weight excluding hydrogens is 372 g/mol. The number of fused-ring (bicyclic) bond motifs is 1. The number of benzene rings is 1. The first-order valence-electron chi connectivity index (χ1n) is 8.86. The molecule has 4 aromatic rings. The van der Waals surface area contributed by atoms with Crippen LogP contribution in [0.3, 0.4) is 0 Å². The second-order valence-electron chi connectivity index (χ2n) is 6.15. The number of oxazole rings is 1. The monoisotopic (exact) mass is 390 g/mol. The number of amides is 1. The van der Waals surface area contributed by atoms with Crippen molar-refractivity contribution in [2.45, 2.75) is 6.42 Å². The van der Waals surface area contributed by atoms with Crippen molar-refractivity contribution in [3.05, 3.63) is 60.3 Å². The summed E-state index contributed by atoms with van der Waals surface area (Å²) < 4.78 is 16.2. The highest BCUT2D eigenvalue weighted by molar-refractivity contribution is 5.92. The van der Waals surface area contributed by atoms with Gasteiger partial charge in [0, 0.05) is 17.8 Å². The molecule has 3 aromatic heterocycles. The first kappa shape index (κ1) is 18.4. The number of hydrogen-bond acceptors (Lipinski definition) is 7. The SMILES string of the molecule is COc1ccc(CC(=O)Nc2cccc(-c3nc4ncccc4o3)n2)c(OC)c1. The maximum Gasteiger partial charge on any atom is 0.247 e. The summed E-state index contributed by atoms with van der Waals surface area (Å²) >= 11 is 0. The largest absolute Gasteiger partial charge is 0.497 e. The number of hydrogen-bond donors (Lipinski definition) is 1. The lowest BCUT2D eigenvalue weighted by molar-refractivity contribution is -0.115. The van der Waals surface area contributed by atoms with Crippen LogP contribution in [0, 0.1) is 0 Å². The number of aromatic nitrogens is 3. The smallest absolute Gasteiger partial charge is 0.247 e. The minimum atomic E-state index is -0.225. The average molecular weight is 390 g/mol. The maximum atomic E-state index is 12.5. The molecule has 3 heterocycles. The van der Waals surface area contributed by atoms with Crippen molar-refractivity contribution < 1.29 is 18.7 Å². The molecule has 8 nitrogen and oxygen atoms in total. The van der Waals surface area contributed by atoms with Crippen molar-refractivity contribution in [1.82, 2.24) is 15.0 Å². The van der Waals surface area contributed by atoms with E-state index in [0.717, 1.165) is 5.56 Å². The number of methoxy groups -OCH3 is 2. The van der Waals surface area contributed by atoms with Gasteiger partial charge in [0.2, 0.25) is 11.8 Å². The highest BCUT2D eigenvalue weighted by Gasteiger charge is 2.13. The Morgan fingerprint density at radius 3 is 2.76 bits per heavy atom. The summed E-state index contributed by atoms with van der Waals surface area (Å²) in [4.78, 5) is 25.4. The summed E-state index contributed by atoms with van der Waals surface area (Å²) in [6.45, 7) is 0. The normalized spacial score (nSPS) is 10.7. The van der Waals surface area contributed by atoms with Gasteiger partial charge in [0.1, 0.15) is 23.0 Å². The van der Waals surface area contributed by atoms with Crippen molar-refractivity contribution >= 4 is 23.0 Å². The van der Waals surface area contributed by atoms with Gasteiger partial charge in [-0.2, -0.15) is 4.98 Å². The van der Waals surface area contributed by atoms with Gasteiger partial charge in [-0.25, -0.2) is 9.97 Å². The Bertz CT molecular complexity index is 1140. The van der Waals surface area contributed by atoms with E-state index in [1.54, 1.807) is 68.9 Å². The van der Waals surface area contributed by atoms with Crippen LogP contribution in [-0.2, 0) is 11.2 Å². The van der Waals surface area contributed by atoms with E-state index in [9.17, 15) is 4.79 Å². The predicted octanol–water partition coefficient (Wildman–Crippen LogP) is 3.48. The fourth-order valence-corrected chi connectivity index (χ4v) is 2.86. The molecule has 146 valence electrons. The Morgan fingerprint density at radius 2 is 1.97 bits per heavy atom. The van der Waals surface area contributed by atoms with Gasteiger partial charge in [0.15, 0.2) is 11.2 Å². The van der Waals surface area contributed by atoms with Gasteiger partial charge in [-0.05, 0) is 30.3 Å². The lowest BCUT2D eigenvalue weighted by Gasteiger charge is -2.10. The molecular formula is C21H18N4O4. The van der Waals surface area contributed by atoms with Crippen LogP contribution < -0.4 is 14.8 Å². The second-order valence-corrected chi connectivity index (χ2v) is 6.15. The number of ether oxygens (including phenoxy) is 2. The zero-order valence-electron chi connectivity index (χ0n) is 15.9. The Balaban J connectivity index is 1.51. The molecule has 0 aliphatic heterocycles. The number of carbonyl (C=O) groups is 1. The quantitative estimate of drug-likeness (QED) is 0.538. The Morgan fingerprint density at radius 1 is 1.07 bits per heavy atom. The molecule has 0 spiro atoms. The average Bonchev–Trinajstić information content (AvgIpc) is 3.18. The third-order valence-electron chi connectivity index (χ3n) is 4.25. The summed E-state index contributed by atoms with van der Waals surface area (Å²) in [5.74, 6) is 1.76. The van der Waals surface area contributed by atoms with Gasteiger partial charge in [0.05, 0.1) is 20.6 Å². The summed E-state index contributed by atoms with van der Waals surface area (Å²) in [7, 11) is 3.13. The third kappa shape index (κ3) is 4.01. The van der Waals surface area contributed by atoms with Crippen molar-refractivity contribution in [2.75, 3.05) is 19.5 Å². The molecule has 0 fully saturated rings. The van der Waals surface area contributed by atoms with E-state index in [1.807, 2.05) is 0 Å². The van der Waals surface area contributed by atoms with Crippen LogP contribution >= 0.6 is 0 Å². The van der Waals surface area contributed by atoms with Crippen LogP contribution in [0.25, 0.3) is 22.8 Å². The van der Waals surface area contributed by atoms with E-state index in [2.05, 4.69) is 20.3 Å². The van der Waals surface area contributed by atoms with E-state index >= 15 is 0 Å². The van der Waals surface area contributed by atoms with E-state index in [-0.39, 0.29) is 12.3 Å². The molecule has 0 saturated heterocycles. The van der Waals surface area contributed by atoms with Crippen molar-refractivity contribution in [3.8, 4) is 23.1 Å². The Kier molecular flexibility index (Phi) is 5.07. The zero-order valence-corrected chi connectivity index (χ0v) is 15.9. The molecule has 1 N–H and O–H groups in total. The minimum Gasteiger partial charge on any atom is -0.497 e. The molecule has 8 heteroatoms. The summed E-state index contributed by atoms with van der Waals surface area (Å²) in [6, 6.07) is 14.1. The fourth-order valence-electron chi connectivity index (χ4n) is 2.86. The van der Waals surface area contributed by atoms with Crippen LogP contribution in [0.1, 0.15) is 5.56 Å². The van der Waals surface area contributed by atoms with Crippen LogP contribution in [0.2, 0.25) is 0 Å². The number of carbonyl (C=O) groups excluding carboxylic acids is 1. The highest BCUT2D eigenvalue weighted by Crippen LogP contribution is 2.26. The molecule has 0 bridgehead atoms. The van der Waals surface area contributed by atoms with E-state index in [4.69, 9.17) is 13.9 Å². The molecule has 0 atom stereocenters. The van der Waals surface area contributed by atoms with E-state index in [0.29, 0.717) is 40.1 Å². The molecule has 29 heavy (non-hydrogen) atoms. The Labute approximate surface area is 166 Å². The van der Waals surface area contributed by atoms with Gasteiger partial charge < -0.3 is 19.2 Å². The number of nitrogens with zero attached hydrogens (tertiary/aromatic N) is 3. The van der Waals surface area contributed by atoms with Crippen molar-refractivity contribution in [1.29, 1.82) is 0 Å². The van der Waals surface area contributed by atoms with Crippen LogP contribution in [0.15, 0.2) is 59.1 Å². The summed E-state index contributed by atoms with van der Waals surface area (Å²) in [5, 5.41) is 2.79. The van der Waals surface area contributed by atoms with E-state index < -0.39 is 0 Å². The highest BCUT2D eigenvalue weighted by atomic mass is 16.5. The Hall–Kier alpha value is -3.94. The fraction of sp³-hybridized carbons (Fsp3) is 0.143. The number of anilines is 1. The summed E-state index contributed by atoms with van der Waals surface area (Å²) in [6.07, 6.45) is 1.78. The van der Waals surface area contributed by atoms with Gasteiger partial charge in [-0.1, -0.05) is 12.1 Å². The molecule has 0 saturated carbocycles. The standard InChI is InChI=1S/C21H18N4O4/c1-27-14-9-8-13(17(12-14)28-2)11-19(26)24-18-7-3-5-15(23-18)21-25-20-16(29-21)6-4-10-22-20/h3-10,12H,11H2,1-2H3,(H,23,24,26). The van der Waals surface area contributed by atoms with Crippen LogP contribution in [0.5, 0.6) is 11.5 Å². The third-order valence-corrected chi connectivity index (χ3v) is 4.25. The molecule has 0 aliphatic rings. The predicted molar refractivity (Wildman–Crippen MR) is 107 cm³/mol. The molecule has 1 amide bonds. The zero-order chi connectivity index (χ0) is 20.2. The first-order chi connectivity index (χ1) is 14.2. The lowest BCUT2D eigenvalue weighted by Crippen LogP contribution is -2.16. The molecule has 4 rings (SSSR count). The minimum absolute atomic E-state index is 0.131. The maximum absolute atomic E-state index is 12.5. The van der Waals surface area contributed by atoms with Gasteiger partial charge in [-0.15, -0.1) is 0 Å². The number of pyridine rings is 2. The van der Waals surface area contributed by atoms with E-state index in [1.165, 1.54) is 0 Å². The second kappa shape index (κ2) is 7.97. The molecule has 0 aliphatic carbocycles. The topological polar surface area (TPSA) is 99.4 Å². The number of rotatable bonds is 6. The first-order valence-corrected chi connectivity index (χ1v) is 8.86. The molecule has 0 unspecified atom stereocenters. The van der Waals surface area contributed by atoms with Gasteiger partial charge >= 0.3 is 0 Å². The van der Waals surface area contributed by atoms with Crippen molar-refractivity contribution in [3.63, 3.8) is 0 Å². The van der Waals surface area contributed by atoms with Gasteiger partial charge in [-0.3, -0.25) is 4.79 Å². The van der Waals surface area contributed by atoms with Crippen LogP contribution in [-0.4, -0.2) is 35.1 Å². The van der Waals surface area contributed by atoms with Gasteiger partial charge in [0.25, 0.3) is 0 Å².